The Hall–Kier alpha value is -2.04. The van der Waals surface area contributed by atoms with Crippen LogP contribution in [0.1, 0.15) is 25.3 Å². The van der Waals surface area contributed by atoms with E-state index in [1.807, 2.05) is 31.2 Å². The second-order valence-corrected chi connectivity index (χ2v) is 4.40. The van der Waals surface area contributed by atoms with Gasteiger partial charge >= 0.3 is 0 Å². The van der Waals surface area contributed by atoms with Gasteiger partial charge in [0, 0.05) is 13.0 Å². The van der Waals surface area contributed by atoms with E-state index in [9.17, 15) is 4.79 Å². The molecule has 1 aliphatic heterocycles. The Morgan fingerprint density at radius 2 is 2.11 bits per heavy atom. The van der Waals surface area contributed by atoms with Gasteiger partial charge in [-0.3, -0.25) is 4.79 Å². The van der Waals surface area contributed by atoms with Crippen LogP contribution < -0.4 is 4.74 Å². The number of methoxy groups -OCH3 is 1. The van der Waals surface area contributed by atoms with Crippen molar-refractivity contribution in [3.05, 3.63) is 29.8 Å². The standard InChI is InChI=1S/C14H18N2O3/c1-11(16-9-3-4-14(16)17)19-15-10-12-5-7-13(18-2)8-6-12/h5-8,10-11H,3-4,9H2,1-2H3/b15-10+. The first-order valence-electron chi connectivity index (χ1n) is 6.33. The molecule has 102 valence electrons. The molecule has 1 fully saturated rings. The van der Waals surface area contributed by atoms with Crippen LogP contribution in [-0.4, -0.2) is 36.9 Å². The summed E-state index contributed by atoms with van der Waals surface area (Å²) in [5.41, 5.74) is 0.917. The zero-order chi connectivity index (χ0) is 13.7. The van der Waals surface area contributed by atoms with E-state index in [-0.39, 0.29) is 12.1 Å². The normalized spacial score (nSPS) is 16.9. The zero-order valence-corrected chi connectivity index (χ0v) is 11.2. The number of ether oxygens (including phenoxy) is 1. The highest BCUT2D eigenvalue weighted by molar-refractivity contribution is 5.79. The highest BCUT2D eigenvalue weighted by atomic mass is 16.6. The van der Waals surface area contributed by atoms with Gasteiger partial charge < -0.3 is 14.5 Å². The molecule has 1 atom stereocenters. The molecular formula is C14H18N2O3. The summed E-state index contributed by atoms with van der Waals surface area (Å²) in [4.78, 5) is 18.5. The quantitative estimate of drug-likeness (QED) is 0.602. The summed E-state index contributed by atoms with van der Waals surface area (Å²) in [6.45, 7) is 2.58. The Labute approximate surface area is 112 Å². The predicted octanol–water partition coefficient (Wildman–Crippen LogP) is 2.01. The van der Waals surface area contributed by atoms with E-state index in [4.69, 9.17) is 9.57 Å². The minimum atomic E-state index is -0.315. The number of amides is 1. The lowest BCUT2D eigenvalue weighted by Crippen LogP contribution is -2.34. The molecule has 5 heteroatoms. The molecule has 1 aromatic carbocycles. The highest BCUT2D eigenvalue weighted by Gasteiger charge is 2.25. The fraction of sp³-hybridized carbons (Fsp3) is 0.429. The summed E-state index contributed by atoms with van der Waals surface area (Å²) in [6.07, 6.45) is 2.81. The summed E-state index contributed by atoms with van der Waals surface area (Å²) < 4.78 is 5.07. The molecule has 0 spiro atoms. The highest BCUT2D eigenvalue weighted by Crippen LogP contribution is 2.14. The number of hydrogen-bond donors (Lipinski definition) is 0. The maximum atomic E-state index is 11.5. The van der Waals surface area contributed by atoms with Crippen LogP contribution in [0, 0.1) is 0 Å². The smallest absolute Gasteiger partial charge is 0.225 e. The van der Waals surface area contributed by atoms with Gasteiger partial charge in [0.2, 0.25) is 5.91 Å². The van der Waals surface area contributed by atoms with Crippen LogP contribution in [0.3, 0.4) is 0 Å². The molecular weight excluding hydrogens is 244 g/mol. The van der Waals surface area contributed by atoms with Crippen LogP contribution in [0.5, 0.6) is 5.75 Å². The molecule has 2 rings (SSSR count). The summed E-state index contributed by atoms with van der Waals surface area (Å²) in [6, 6.07) is 7.48. The minimum Gasteiger partial charge on any atom is -0.497 e. The maximum absolute atomic E-state index is 11.5. The fourth-order valence-electron chi connectivity index (χ4n) is 1.98. The lowest BCUT2D eigenvalue weighted by Gasteiger charge is -2.21. The molecule has 0 aromatic heterocycles. The van der Waals surface area contributed by atoms with Gasteiger partial charge in [0.05, 0.1) is 13.3 Å². The number of likely N-dealkylation sites (tertiary alicyclic amines) is 1. The largest absolute Gasteiger partial charge is 0.497 e. The van der Waals surface area contributed by atoms with Gasteiger partial charge in [-0.15, -0.1) is 0 Å². The second-order valence-electron chi connectivity index (χ2n) is 4.40. The summed E-state index contributed by atoms with van der Waals surface area (Å²) in [5, 5.41) is 3.92. The lowest BCUT2D eigenvalue weighted by atomic mass is 10.2. The maximum Gasteiger partial charge on any atom is 0.225 e. The minimum absolute atomic E-state index is 0.132. The van der Waals surface area contributed by atoms with Crippen LogP contribution in [0.2, 0.25) is 0 Å². The molecule has 0 saturated carbocycles. The molecule has 1 aromatic rings. The predicted molar refractivity (Wildman–Crippen MR) is 72.1 cm³/mol. The van der Waals surface area contributed by atoms with Crippen molar-refractivity contribution in [2.24, 2.45) is 5.16 Å². The lowest BCUT2D eigenvalue weighted by molar-refractivity contribution is -0.139. The number of benzene rings is 1. The third kappa shape index (κ3) is 3.47. The van der Waals surface area contributed by atoms with E-state index >= 15 is 0 Å². The molecule has 0 bridgehead atoms. The SMILES string of the molecule is COc1ccc(/C=N/OC(C)N2CCCC2=O)cc1. The van der Waals surface area contributed by atoms with E-state index in [0.29, 0.717) is 6.42 Å². The van der Waals surface area contributed by atoms with Gasteiger partial charge in [-0.25, -0.2) is 0 Å². The average Bonchev–Trinajstić information content (AvgIpc) is 2.86. The Balaban J connectivity index is 1.86. The van der Waals surface area contributed by atoms with Gasteiger partial charge in [0.1, 0.15) is 5.75 Å². The number of carbonyl (C=O) groups is 1. The number of nitrogens with zero attached hydrogens (tertiary/aromatic N) is 2. The summed E-state index contributed by atoms with van der Waals surface area (Å²) in [5.74, 6) is 0.932. The van der Waals surface area contributed by atoms with Crippen molar-refractivity contribution in [2.45, 2.75) is 26.0 Å². The van der Waals surface area contributed by atoms with Gasteiger partial charge in [0.25, 0.3) is 0 Å². The van der Waals surface area contributed by atoms with Crippen molar-refractivity contribution < 1.29 is 14.4 Å². The molecule has 1 aliphatic rings. The van der Waals surface area contributed by atoms with Crippen molar-refractivity contribution in [3.63, 3.8) is 0 Å². The van der Waals surface area contributed by atoms with Gasteiger partial charge in [-0.1, -0.05) is 5.16 Å². The van der Waals surface area contributed by atoms with Gasteiger partial charge in [-0.2, -0.15) is 0 Å². The van der Waals surface area contributed by atoms with Crippen molar-refractivity contribution in [3.8, 4) is 5.75 Å². The van der Waals surface area contributed by atoms with E-state index in [2.05, 4.69) is 5.16 Å². The van der Waals surface area contributed by atoms with Crippen molar-refractivity contribution in [1.82, 2.24) is 4.90 Å². The Morgan fingerprint density at radius 1 is 1.37 bits per heavy atom. The Bertz CT molecular complexity index is 456. The number of hydrogen-bond acceptors (Lipinski definition) is 4. The van der Waals surface area contributed by atoms with Gasteiger partial charge in [-0.05, 0) is 43.2 Å². The fourth-order valence-corrected chi connectivity index (χ4v) is 1.98. The van der Waals surface area contributed by atoms with Crippen molar-refractivity contribution >= 4 is 12.1 Å². The van der Waals surface area contributed by atoms with Crippen molar-refractivity contribution in [1.29, 1.82) is 0 Å². The number of carbonyl (C=O) groups excluding carboxylic acids is 1. The van der Waals surface area contributed by atoms with Crippen LogP contribution in [0.4, 0.5) is 0 Å². The van der Waals surface area contributed by atoms with Crippen LogP contribution >= 0.6 is 0 Å². The molecule has 19 heavy (non-hydrogen) atoms. The third-order valence-corrected chi connectivity index (χ3v) is 3.08. The van der Waals surface area contributed by atoms with E-state index in [0.717, 1.165) is 24.3 Å². The van der Waals surface area contributed by atoms with Crippen LogP contribution in [-0.2, 0) is 9.63 Å². The molecule has 1 heterocycles. The summed E-state index contributed by atoms with van der Waals surface area (Å²) >= 11 is 0. The monoisotopic (exact) mass is 262 g/mol. The van der Waals surface area contributed by atoms with Crippen LogP contribution in [0.25, 0.3) is 0 Å². The molecule has 1 amide bonds. The van der Waals surface area contributed by atoms with Gasteiger partial charge in [0.15, 0.2) is 6.23 Å². The Kier molecular flexibility index (Phi) is 4.39. The zero-order valence-electron chi connectivity index (χ0n) is 11.2. The van der Waals surface area contributed by atoms with E-state index < -0.39 is 0 Å². The van der Waals surface area contributed by atoms with E-state index in [1.165, 1.54) is 0 Å². The average molecular weight is 262 g/mol. The molecule has 0 aliphatic carbocycles. The Morgan fingerprint density at radius 3 is 2.68 bits per heavy atom. The molecule has 0 radical (unpaired) electrons. The first-order valence-corrected chi connectivity index (χ1v) is 6.33. The third-order valence-electron chi connectivity index (χ3n) is 3.08. The molecule has 1 saturated heterocycles. The number of oxime groups is 1. The van der Waals surface area contributed by atoms with Crippen LogP contribution in [0.15, 0.2) is 29.4 Å². The number of rotatable bonds is 5. The first-order chi connectivity index (χ1) is 9.20. The summed E-state index contributed by atoms with van der Waals surface area (Å²) in [7, 11) is 1.63. The molecule has 0 N–H and O–H groups in total. The molecule has 1 unspecified atom stereocenters. The topological polar surface area (TPSA) is 51.1 Å². The molecule has 5 nitrogen and oxygen atoms in total. The van der Waals surface area contributed by atoms with E-state index in [1.54, 1.807) is 18.2 Å². The van der Waals surface area contributed by atoms with Crippen molar-refractivity contribution in [2.75, 3.05) is 13.7 Å². The first kappa shape index (κ1) is 13.4. The second kappa shape index (κ2) is 6.22.